The zero-order valence-electron chi connectivity index (χ0n) is 23.1. The maximum Gasteiger partial charge on any atom is 0.344 e. The Kier molecular flexibility index (Phi) is 6.02. The summed E-state index contributed by atoms with van der Waals surface area (Å²) in [6.07, 6.45) is 1.75. The molecule has 0 N–H and O–H groups in total. The van der Waals surface area contributed by atoms with Crippen LogP contribution in [0.1, 0.15) is 55.0 Å². The Morgan fingerprint density at radius 2 is 1.65 bits per heavy atom. The molecule has 0 aliphatic carbocycles. The van der Waals surface area contributed by atoms with E-state index in [0.29, 0.717) is 22.6 Å². The first-order valence-electron chi connectivity index (χ1n) is 13.3. The molecule has 4 atom stereocenters. The molecule has 0 aromatic heterocycles. The van der Waals surface area contributed by atoms with E-state index < -0.39 is 34.9 Å². The summed E-state index contributed by atoms with van der Waals surface area (Å²) in [5.41, 5.74) is 0.901. The van der Waals surface area contributed by atoms with Gasteiger partial charge < -0.3 is 14.2 Å². The first-order valence-corrected chi connectivity index (χ1v) is 13.3. The molecule has 204 valence electrons. The zero-order chi connectivity index (χ0) is 28.2. The van der Waals surface area contributed by atoms with Gasteiger partial charge >= 0.3 is 5.97 Å². The minimum Gasteiger partial charge on any atom is -0.493 e. The molecule has 6 rings (SSSR count). The van der Waals surface area contributed by atoms with Gasteiger partial charge in [0.05, 0.1) is 26.4 Å². The van der Waals surface area contributed by atoms with Gasteiger partial charge in [-0.2, -0.15) is 5.10 Å². The summed E-state index contributed by atoms with van der Waals surface area (Å²) in [6.45, 7) is 5.65. The summed E-state index contributed by atoms with van der Waals surface area (Å²) in [5.74, 6) is -0.0443. The van der Waals surface area contributed by atoms with Crippen molar-refractivity contribution >= 4 is 23.9 Å². The third-order valence-corrected chi connectivity index (χ3v) is 7.98. The SMILES string of the molecule is COc1ccc([C@@H]2[C@H](C(=O)C(C)(C)C)N3N=Cc4ccccc4[C@@H]3[C@@]23N=C(c2ccccc2)OC3=O)cc1OC. The highest BCUT2D eigenvalue weighted by Gasteiger charge is 2.71. The van der Waals surface area contributed by atoms with Crippen molar-refractivity contribution in [1.29, 1.82) is 0 Å². The van der Waals surface area contributed by atoms with Crippen LogP contribution in [-0.4, -0.2) is 54.7 Å². The van der Waals surface area contributed by atoms with E-state index in [1.807, 2.05) is 87.5 Å². The van der Waals surface area contributed by atoms with E-state index >= 15 is 0 Å². The topological polar surface area (TPSA) is 89.8 Å². The number of ether oxygens (including phenoxy) is 3. The molecule has 3 aromatic carbocycles. The quantitative estimate of drug-likeness (QED) is 0.430. The Bertz CT molecular complexity index is 1560. The molecule has 3 heterocycles. The summed E-state index contributed by atoms with van der Waals surface area (Å²) in [6, 6.07) is 21.1. The van der Waals surface area contributed by atoms with E-state index in [1.165, 1.54) is 0 Å². The van der Waals surface area contributed by atoms with E-state index in [2.05, 4.69) is 0 Å². The average Bonchev–Trinajstić information content (AvgIpc) is 3.46. The lowest BCUT2D eigenvalue weighted by Gasteiger charge is -2.35. The first-order chi connectivity index (χ1) is 19.2. The predicted octanol–water partition coefficient (Wildman–Crippen LogP) is 4.92. The number of fused-ring (bicyclic) bond motifs is 4. The average molecular weight is 538 g/mol. The number of benzene rings is 3. The van der Waals surface area contributed by atoms with Gasteiger partial charge in [-0.1, -0.05) is 69.3 Å². The molecule has 3 aromatic rings. The van der Waals surface area contributed by atoms with Gasteiger partial charge in [0.15, 0.2) is 22.8 Å². The molecule has 1 saturated heterocycles. The number of hydrogen-bond acceptors (Lipinski definition) is 8. The number of methoxy groups -OCH3 is 2. The van der Waals surface area contributed by atoms with Crippen LogP contribution >= 0.6 is 0 Å². The molecular weight excluding hydrogens is 506 g/mol. The van der Waals surface area contributed by atoms with Crippen molar-refractivity contribution in [3.63, 3.8) is 0 Å². The highest BCUT2D eigenvalue weighted by molar-refractivity contribution is 6.10. The van der Waals surface area contributed by atoms with Crippen molar-refractivity contribution in [3.05, 3.63) is 95.1 Å². The van der Waals surface area contributed by atoms with Gasteiger partial charge in [-0.3, -0.25) is 9.80 Å². The van der Waals surface area contributed by atoms with Crippen molar-refractivity contribution in [2.45, 2.75) is 44.3 Å². The molecule has 0 amide bonds. The molecule has 40 heavy (non-hydrogen) atoms. The van der Waals surface area contributed by atoms with Gasteiger partial charge in [-0.25, -0.2) is 9.79 Å². The zero-order valence-corrected chi connectivity index (χ0v) is 23.1. The fourth-order valence-corrected chi connectivity index (χ4v) is 6.13. The monoisotopic (exact) mass is 537 g/mol. The maximum absolute atomic E-state index is 14.3. The number of rotatable bonds is 5. The fourth-order valence-electron chi connectivity index (χ4n) is 6.13. The van der Waals surface area contributed by atoms with E-state index in [-0.39, 0.29) is 11.7 Å². The van der Waals surface area contributed by atoms with E-state index in [9.17, 15) is 9.59 Å². The predicted molar refractivity (Wildman–Crippen MR) is 151 cm³/mol. The van der Waals surface area contributed by atoms with Crippen LogP contribution in [0.15, 0.2) is 82.9 Å². The van der Waals surface area contributed by atoms with Crippen LogP contribution < -0.4 is 9.47 Å². The highest BCUT2D eigenvalue weighted by atomic mass is 16.6. The second kappa shape index (κ2) is 9.33. The highest BCUT2D eigenvalue weighted by Crippen LogP contribution is 2.59. The van der Waals surface area contributed by atoms with Crippen molar-refractivity contribution in [2.75, 3.05) is 14.2 Å². The second-order valence-corrected chi connectivity index (χ2v) is 11.3. The number of hydrogen-bond donors (Lipinski definition) is 0. The third kappa shape index (κ3) is 3.73. The van der Waals surface area contributed by atoms with Crippen molar-refractivity contribution in [2.24, 2.45) is 15.5 Å². The Morgan fingerprint density at radius 3 is 2.35 bits per heavy atom. The lowest BCUT2D eigenvalue weighted by molar-refractivity contribution is -0.140. The van der Waals surface area contributed by atoms with Crippen molar-refractivity contribution < 1.29 is 23.8 Å². The molecule has 1 fully saturated rings. The van der Waals surface area contributed by atoms with Crippen LogP contribution in [0.25, 0.3) is 0 Å². The normalized spacial score (nSPS) is 24.8. The molecule has 3 aliphatic rings. The van der Waals surface area contributed by atoms with Gasteiger partial charge in [0, 0.05) is 11.0 Å². The van der Waals surface area contributed by atoms with E-state index in [0.717, 1.165) is 11.1 Å². The van der Waals surface area contributed by atoms with Crippen LogP contribution in [0.4, 0.5) is 0 Å². The number of carbonyl (C=O) groups excluding carboxylic acids is 2. The molecule has 8 heteroatoms. The molecule has 0 radical (unpaired) electrons. The summed E-state index contributed by atoms with van der Waals surface area (Å²) in [4.78, 5) is 33.8. The number of carbonyl (C=O) groups is 2. The number of hydrazone groups is 1. The number of aliphatic imine (C=N–C) groups is 1. The number of ketones is 1. The summed E-state index contributed by atoms with van der Waals surface area (Å²) in [5, 5.41) is 6.58. The minimum absolute atomic E-state index is 0.0538. The van der Waals surface area contributed by atoms with Crippen molar-refractivity contribution in [1.82, 2.24) is 5.01 Å². The Hall–Kier alpha value is -4.46. The van der Waals surface area contributed by atoms with Crippen LogP contribution in [-0.2, 0) is 14.3 Å². The lowest BCUT2D eigenvalue weighted by Crippen LogP contribution is -2.45. The van der Waals surface area contributed by atoms with Crippen LogP contribution in [0.2, 0.25) is 0 Å². The van der Waals surface area contributed by atoms with E-state index in [1.54, 1.807) is 31.5 Å². The van der Waals surface area contributed by atoms with Gasteiger partial charge in [0.25, 0.3) is 0 Å². The fraction of sp³-hybridized carbons (Fsp3) is 0.312. The van der Waals surface area contributed by atoms with Gasteiger partial charge in [-0.15, -0.1) is 0 Å². The summed E-state index contributed by atoms with van der Waals surface area (Å²) in [7, 11) is 3.13. The molecule has 1 spiro atoms. The number of esters is 1. The first kappa shape index (κ1) is 25.8. The number of Topliss-reactive ketones (excluding diaryl/α,β-unsaturated/α-hetero) is 1. The largest absolute Gasteiger partial charge is 0.493 e. The smallest absolute Gasteiger partial charge is 0.344 e. The molecule has 0 unspecified atom stereocenters. The molecule has 0 saturated carbocycles. The van der Waals surface area contributed by atoms with Crippen LogP contribution in [0.3, 0.4) is 0 Å². The Balaban J connectivity index is 1.67. The molecule has 0 bridgehead atoms. The van der Waals surface area contributed by atoms with Gasteiger partial charge in [-0.05, 0) is 41.0 Å². The molecular formula is C32H31N3O5. The molecule has 3 aliphatic heterocycles. The van der Waals surface area contributed by atoms with Crippen molar-refractivity contribution in [3.8, 4) is 11.5 Å². The summed E-state index contributed by atoms with van der Waals surface area (Å²) < 4.78 is 17.1. The van der Waals surface area contributed by atoms with E-state index in [4.69, 9.17) is 24.3 Å². The van der Waals surface area contributed by atoms with Gasteiger partial charge in [0.1, 0.15) is 12.1 Å². The molecule has 8 nitrogen and oxygen atoms in total. The standard InChI is InChI=1S/C32H31N3O5/c1-31(2,3)28(36)26-25(20-15-16-23(38-4)24(17-20)39-5)32(27-22-14-10-9-13-21(22)18-33-35(26)27)30(37)40-29(34-32)19-11-7-6-8-12-19/h6-18,25-27H,1-5H3/t25-,26-,27-,32+/m1/s1. The number of cyclic esters (lactones) is 1. The summed E-state index contributed by atoms with van der Waals surface area (Å²) >= 11 is 0. The third-order valence-electron chi connectivity index (χ3n) is 7.98. The maximum atomic E-state index is 14.3. The van der Waals surface area contributed by atoms with Gasteiger partial charge in [0.2, 0.25) is 5.90 Å². The van der Waals surface area contributed by atoms with Crippen LogP contribution in [0.5, 0.6) is 11.5 Å². The Labute approximate surface area is 233 Å². The number of nitrogens with zero attached hydrogens (tertiary/aromatic N) is 3. The second-order valence-electron chi connectivity index (χ2n) is 11.3. The Morgan fingerprint density at radius 1 is 0.950 bits per heavy atom. The van der Waals surface area contributed by atoms with Crippen LogP contribution in [0, 0.1) is 5.41 Å². The minimum atomic E-state index is -1.50. The lowest BCUT2D eigenvalue weighted by atomic mass is 9.70.